The molecule has 0 amide bonds. The number of unbranched alkanes of at least 4 members (excludes halogenated alkanes) is 3. The van der Waals surface area contributed by atoms with Crippen molar-refractivity contribution < 1.29 is 13.7 Å². The number of nitrogens with two attached hydrogens (primary N) is 2. The quantitative estimate of drug-likeness (QED) is 0.211. The van der Waals surface area contributed by atoms with E-state index in [9.17, 15) is 4.57 Å². The van der Waals surface area contributed by atoms with Crippen LogP contribution in [0.1, 0.15) is 45.4 Å². The average Bonchev–Trinajstić information content (AvgIpc) is 2.52. The van der Waals surface area contributed by atoms with Gasteiger partial charge in [-0.15, -0.1) is 9.59 Å². The zero-order chi connectivity index (χ0) is 16.5. The predicted molar refractivity (Wildman–Crippen MR) is 90.6 cm³/mol. The molecule has 0 rings (SSSR count). The van der Waals surface area contributed by atoms with Crippen LogP contribution in [0.4, 0.5) is 0 Å². The third-order valence-corrected chi connectivity index (χ3v) is 3.84. The highest BCUT2D eigenvalue weighted by molar-refractivity contribution is 7.33. The van der Waals surface area contributed by atoms with E-state index in [1.54, 1.807) is 5.06 Å². The van der Waals surface area contributed by atoms with E-state index < -0.39 is 8.25 Å². The smallest absolute Gasteiger partial charge is 0.330 e. The molecule has 0 aliphatic rings. The van der Waals surface area contributed by atoms with Gasteiger partial charge in [-0.25, -0.2) is 0 Å². The van der Waals surface area contributed by atoms with Gasteiger partial charge in [-0.3, -0.25) is 0 Å². The van der Waals surface area contributed by atoms with Gasteiger partial charge in [-0.1, -0.05) is 26.2 Å². The summed E-state index contributed by atoms with van der Waals surface area (Å²) in [4.78, 5) is 0. The minimum Gasteiger partial charge on any atom is -0.330 e. The van der Waals surface area contributed by atoms with Crippen molar-refractivity contribution in [3.63, 3.8) is 0 Å². The summed E-state index contributed by atoms with van der Waals surface area (Å²) in [6.07, 6.45) is 6.11. The van der Waals surface area contributed by atoms with Crippen LogP contribution in [0.3, 0.4) is 0 Å². The van der Waals surface area contributed by atoms with Crippen LogP contribution in [0.25, 0.3) is 0 Å². The first-order valence-electron chi connectivity index (χ1n) is 8.38. The highest BCUT2D eigenvalue weighted by Crippen LogP contribution is 2.26. The van der Waals surface area contributed by atoms with Gasteiger partial charge in [0.25, 0.3) is 0 Å². The predicted octanol–water partition coefficient (Wildman–Crippen LogP) is 1.76. The first-order chi connectivity index (χ1) is 10.7. The summed E-state index contributed by atoms with van der Waals surface area (Å²) in [5.41, 5.74) is 10.9. The second-order valence-corrected chi connectivity index (χ2v) is 6.03. The Morgan fingerprint density at radius 1 is 1.00 bits per heavy atom. The molecule has 1 unspecified atom stereocenters. The van der Waals surface area contributed by atoms with Crippen LogP contribution in [-0.2, 0) is 13.7 Å². The minimum atomic E-state index is -2.10. The van der Waals surface area contributed by atoms with Gasteiger partial charge in [-0.05, 0) is 43.5 Å². The van der Waals surface area contributed by atoms with E-state index in [1.807, 2.05) is 0 Å². The molecule has 0 bridgehead atoms. The van der Waals surface area contributed by atoms with Gasteiger partial charge in [0.1, 0.15) is 6.61 Å². The topological polar surface area (TPSA) is 103 Å². The van der Waals surface area contributed by atoms with Crippen molar-refractivity contribution in [3.8, 4) is 0 Å². The molecule has 0 radical (unpaired) electrons. The molecule has 132 valence electrons. The normalized spacial score (nSPS) is 12.1. The van der Waals surface area contributed by atoms with E-state index in [-0.39, 0.29) is 0 Å². The van der Waals surface area contributed by atoms with Crippen LogP contribution in [0.2, 0.25) is 0 Å². The van der Waals surface area contributed by atoms with Gasteiger partial charge in [0.05, 0.1) is 0 Å². The lowest BCUT2D eigenvalue weighted by molar-refractivity contribution is -0.0630. The fourth-order valence-electron chi connectivity index (χ4n) is 1.80. The first kappa shape index (κ1) is 21.9. The van der Waals surface area contributed by atoms with E-state index in [4.69, 9.17) is 20.6 Å². The second kappa shape index (κ2) is 17.2. The Kier molecular flexibility index (Phi) is 17.1. The average molecular weight is 337 g/mol. The zero-order valence-electron chi connectivity index (χ0n) is 14.0. The number of hydroxylamine groups is 2. The van der Waals surface area contributed by atoms with E-state index >= 15 is 0 Å². The van der Waals surface area contributed by atoms with Crippen LogP contribution in [0.5, 0.6) is 0 Å². The number of nitrogens with zero attached hydrogens (tertiary/aromatic N) is 1. The third kappa shape index (κ3) is 14.8. The highest BCUT2D eigenvalue weighted by Gasteiger charge is 2.25. The van der Waals surface area contributed by atoms with Gasteiger partial charge in [0.2, 0.25) is 0 Å². The zero-order valence-corrected chi connectivity index (χ0v) is 14.9. The lowest BCUT2D eigenvalue weighted by atomic mass is 10.2. The van der Waals surface area contributed by atoms with Crippen molar-refractivity contribution in [1.29, 1.82) is 0 Å². The SMILES string of the molecule is CCCCCCO[P+](=O)ON(CCCN)CCNCCCN. The van der Waals surface area contributed by atoms with E-state index in [1.165, 1.54) is 12.8 Å². The molecule has 0 aromatic heterocycles. The fraction of sp³-hybridized carbons (Fsp3) is 1.00. The van der Waals surface area contributed by atoms with Crippen LogP contribution in [-0.4, -0.2) is 50.9 Å². The molecule has 0 aliphatic carbocycles. The third-order valence-electron chi connectivity index (χ3n) is 3.08. The largest absolute Gasteiger partial charge is 0.716 e. The summed E-state index contributed by atoms with van der Waals surface area (Å²) >= 11 is 0. The number of rotatable bonds is 17. The molecule has 0 heterocycles. The number of nitrogens with one attached hydrogen (secondary N) is 1. The summed E-state index contributed by atoms with van der Waals surface area (Å²) in [6.45, 7) is 6.81. The summed E-state index contributed by atoms with van der Waals surface area (Å²) in [6, 6.07) is 0. The fourth-order valence-corrected chi connectivity index (χ4v) is 2.48. The van der Waals surface area contributed by atoms with Crippen LogP contribution in [0.15, 0.2) is 0 Å². The standard InChI is InChI=1S/C14H34N4O3P/c1-2-3-4-5-14-20-22(19)21-18(12-7-9-16)13-11-17-10-6-8-15/h17H,2-16H2,1H3/q+1. The number of hydrogen-bond acceptors (Lipinski definition) is 7. The molecule has 0 saturated carbocycles. The van der Waals surface area contributed by atoms with Crippen LogP contribution < -0.4 is 16.8 Å². The minimum absolute atomic E-state index is 0.481. The van der Waals surface area contributed by atoms with Crippen molar-refractivity contribution in [1.82, 2.24) is 10.4 Å². The maximum absolute atomic E-state index is 11.8. The Morgan fingerprint density at radius 3 is 2.45 bits per heavy atom. The Bertz CT molecular complexity index is 260. The highest BCUT2D eigenvalue weighted by atomic mass is 31.1. The molecular formula is C14H34N4O3P+. The first-order valence-corrected chi connectivity index (χ1v) is 9.48. The van der Waals surface area contributed by atoms with Crippen LogP contribution in [0, 0.1) is 0 Å². The van der Waals surface area contributed by atoms with E-state index in [0.717, 1.165) is 38.8 Å². The van der Waals surface area contributed by atoms with E-state index in [2.05, 4.69) is 12.2 Å². The Balaban J connectivity index is 3.82. The molecule has 0 saturated heterocycles. The molecule has 0 spiro atoms. The molecule has 8 heteroatoms. The van der Waals surface area contributed by atoms with Crippen LogP contribution >= 0.6 is 8.25 Å². The van der Waals surface area contributed by atoms with Crippen molar-refractivity contribution in [2.24, 2.45) is 11.5 Å². The van der Waals surface area contributed by atoms with Crippen molar-refractivity contribution >= 4 is 8.25 Å². The molecule has 1 atom stereocenters. The summed E-state index contributed by atoms with van der Waals surface area (Å²) in [5.74, 6) is 0. The van der Waals surface area contributed by atoms with Crippen molar-refractivity contribution in [2.45, 2.75) is 45.4 Å². The Hall–Kier alpha value is -0.140. The molecule has 22 heavy (non-hydrogen) atoms. The van der Waals surface area contributed by atoms with Gasteiger partial charge < -0.3 is 16.8 Å². The molecule has 5 N–H and O–H groups in total. The molecule has 0 aliphatic heterocycles. The van der Waals surface area contributed by atoms with Gasteiger partial charge in [0, 0.05) is 24.2 Å². The summed E-state index contributed by atoms with van der Waals surface area (Å²) in [7, 11) is -2.10. The molecule has 7 nitrogen and oxygen atoms in total. The maximum atomic E-state index is 11.8. The van der Waals surface area contributed by atoms with Crippen molar-refractivity contribution in [3.05, 3.63) is 0 Å². The van der Waals surface area contributed by atoms with Gasteiger partial charge in [-0.2, -0.15) is 0 Å². The monoisotopic (exact) mass is 337 g/mol. The second-order valence-electron chi connectivity index (χ2n) is 5.16. The number of hydrogen-bond donors (Lipinski definition) is 3. The molecule has 0 aromatic carbocycles. The van der Waals surface area contributed by atoms with Gasteiger partial charge in [0.15, 0.2) is 0 Å². The van der Waals surface area contributed by atoms with E-state index in [0.29, 0.717) is 32.8 Å². The summed E-state index contributed by atoms with van der Waals surface area (Å²) in [5, 5.41) is 4.94. The molecule has 0 fully saturated rings. The molecule has 0 aromatic rings. The lowest BCUT2D eigenvalue weighted by Crippen LogP contribution is -2.33. The Labute approximate surface area is 136 Å². The summed E-state index contributed by atoms with van der Waals surface area (Å²) < 4.78 is 22.4. The Morgan fingerprint density at radius 2 is 1.77 bits per heavy atom. The maximum Gasteiger partial charge on any atom is 0.716 e. The van der Waals surface area contributed by atoms with Gasteiger partial charge >= 0.3 is 8.25 Å². The lowest BCUT2D eigenvalue weighted by Gasteiger charge is -2.14. The van der Waals surface area contributed by atoms with Crippen molar-refractivity contribution in [2.75, 3.05) is 45.9 Å². The molecular weight excluding hydrogens is 303 g/mol.